The van der Waals surface area contributed by atoms with Crippen LogP contribution < -0.4 is 10.2 Å². The van der Waals surface area contributed by atoms with Crippen molar-refractivity contribution >= 4 is 5.69 Å². The van der Waals surface area contributed by atoms with Crippen molar-refractivity contribution in [3.63, 3.8) is 0 Å². The third kappa shape index (κ3) is 3.91. The molecule has 1 aliphatic rings. The van der Waals surface area contributed by atoms with Crippen LogP contribution in [0.2, 0.25) is 0 Å². The van der Waals surface area contributed by atoms with Crippen molar-refractivity contribution in [2.45, 2.75) is 26.8 Å². The Balaban J connectivity index is 1.98. The molecule has 1 N–H and O–H groups in total. The van der Waals surface area contributed by atoms with Crippen LogP contribution in [-0.4, -0.2) is 49.2 Å². The Bertz CT molecular complexity index is 372. The van der Waals surface area contributed by atoms with Crippen molar-refractivity contribution in [2.75, 3.05) is 44.2 Å². The number of hydrogen-bond donors (Lipinski definition) is 1. The summed E-state index contributed by atoms with van der Waals surface area (Å²) in [6.07, 6.45) is 5.15. The Morgan fingerprint density at radius 1 is 1.21 bits per heavy atom. The molecule has 4 heteroatoms. The zero-order valence-corrected chi connectivity index (χ0v) is 12.2. The van der Waals surface area contributed by atoms with E-state index in [2.05, 4.69) is 40.0 Å². The van der Waals surface area contributed by atoms with Crippen LogP contribution in [-0.2, 0) is 6.54 Å². The number of pyridine rings is 1. The highest BCUT2D eigenvalue weighted by Gasteiger charge is 2.18. The minimum atomic E-state index is 0.912. The molecule has 1 saturated heterocycles. The Morgan fingerprint density at radius 2 is 2.00 bits per heavy atom. The van der Waals surface area contributed by atoms with Crippen LogP contribution in [0.25, 0.3) is 0 Å². The number of nitrogens with zero attached hydrogens (tertiary/aromatic N) is 3. The lowest BCUT2D eigenvalue weighted by Gasteiger charge is -2.36. The summed E-state index contributed by atoms with van der Waals surface area (Å²) in [5, 5.41) is 3.40. The SMILES string of the molecule is CCCN1CCN(c2ccncc2CNCC)CC1. The first kappa shape index (κ1) is 14.3. The topological polar surface area (TPSA) is 31.4 Å². The molecular weight excluding hydrogens is 236 g/mol. The molecule has 0 saturated carbocycles. The summed E-state index contributed by atoms with van der Waals surface area (Å²) in [4.78, 5) is 9.32. The summed E-state index contributed by atoms with van der Waals surface area (Å²) in [7, 11) is 0. The van der Waals surface area contributed by atoms with E-state index < -0.39 is 0 Å². The zero-order chi connectivity index (χ0) is 13.5. The second-order valence-corrected chi connectivity index (χ2v) is 5.11. The van der Waals surface area contributed by atoms with Crippen LogP contribution >= 0.6 is 0 Å². The van der Waals surface area contributed by atoms with Crippen molar-refractivity contribution in [2.24, 2.45) is 0 Å². The van der Waals surface area contributed by atoms with Crippen molar-refractivity contribution in [3.05, 3.63) is 24.0 Å². The van der Waals surface area contributed by atoms with E-state index in [1.165, 1.54) is 37.3 Å². The molecule has 2 heterocycles. The van der Waals surface area contributed by atoms with E-state index in [9.17, 15) is 0 Å². The maximum absolute atomic E-state index is 4.26. The lowest BCUT2D eigenvalue weighted by atomic mass is 10.2. The largest absolute Gasteiger partial charge is 0.369 e. The quantitative estimate of drug-likeness (QED) is 0.846. The fourth-order valence-electron chi connectivity index (χ4n) is 2.65. The molecule has 1 aromatic heterocycles. The summed E-state index contributed by atoms with van der Waals surface area (Å²) >= 11 is 0. The van der Waals surface area contributed by atoms with E-state index in [-0.39, 0.29) is 0 Å². The number of aromatic nitrogens is 1. The lowest BCUT2D eigenvalue weighted by Crippen LogP contribution is -2.46. The number of anilines is 1. The van der Waals surface area contributed by atoms with Gasteiger partial charge in [-0.3, -0.25) is 9.88 Å². The Hall–Kier alpha value is -1.13. The maximum atomic E-state index is 4.26. The summed E-state index contributed by atoms with van der Waals surface area (Å²) in [5.41, 5.74) is 2.67. The molecule has 0 aliphatic carbocycles. The molecule has 19 heavy (non-hydrogen) atoms. The highest BCUT2D eigenvalue weighted by atomic mass is 15.3. The average molecular weight is 262 g/mol. The van der Waals surface area contributed by atoms with Gasteiger partial charge < -0.3 is 10.2 Å². The second-order valence-electron chi connectivity index (χ2n) is 5.11. The molecule has 0 radical (unpaired) electrons. The normalized spacial score (nSPS) is 16.8. The minimum absolute atomic E-state index is 0.912. The van der Waals surface area contributed by atoms with Crippen molar-refractivity contribution < 1.29 is 0 Å². The van der Waals surface area contributed by atoms with E-state index in [0.717, 1.165) is 26.2 Å². The van der Waals surface area contributed by atoms with E-state index in [1.54, 1.807) is 0 Å². The summed E-state index contributed by atoms with van der Waals surface area (Å²) < 4.78 is 0. The van der Waals surface area contributed by atoms with E-state index >= 15 is 0 Å². The van der Waals surface area contributed by atoms with Gasteiger partial charge in [0.25, 0.3) is 0 Å². The molecule has 1 fully saturated rings. The highest BCUT2D eigenvalue weighted by molar-refractivity contribution is 5.52. The number of rotatable bonds is 6. The third-order valence-corrected chi connectivity index (χ3v) is 3.70. The van der Waals surface area contributed by atoms with Crippen molar-refractivity contribution in [1.82, 2.24) is 15.2 Å². The predicted octanol–water partition coefficient (Wildman–Crippen LogP) is 1.72. The molecule has 0 aromatic carbocycles. The molecule has 0 spiro atoms. The highest BCUT2D eigenvalue weighted by Crippen LogP contribution is 2.20. The first-order chi connectivity index (χ1) is 9.35. The van der Waals surface area contributed by atoms with Crippen LogP contribution in [0.3, 0.4) is 0 Å². The molecule has 0 atom stereocenters. The van der Waals surface area contributed by atoms with Gasteiger partial charge >= 0.3 is 0 Å². The van der Waals surface area contributed by atoms with Gasteiger partial charge in [-0.2, -0.15) is 0 Å². The molecular formula is C15H26N4. The third-order valence-electron chi connectivity index (χ3n) is 3.70. The lowest BCUT2D eigenvalue weighted by molar-refractivity contribution is 0.258. The smallest absolute Gasteiger partial charge is 0.0443 e. The summed E-state index contributed by atoms with van der Waals surface area (Å²) in [5.74, 6) is 0. The monoisotopic (exact) mass is 262 g/mol. The van der Waals surface area contributed by atoms with E-state index in [0.29, 0.717) is 0 Å². The zero-order valence-electron chi connectivity index (χ0n) is 12.2. The van der Waals surface area contributed by atoms with Crippen LogP contribution in [0.5, 0.6) is 0 Å². The Labute approximate surface area is 116 Å². The van der Waals surface area contributed by atoms with Gasteiger partial charge in [0, 0.05) is 56.4 Å². The van der Waals surface area contributed by atoms with Crippen molar-refractivity contribution in [3.8, 4) is 0 Å². The van der Waals surface area contributed by atoms with Gasteiger partial charge in [-0.05, 0) is 25.6 Å². The fraction of sp³-hybridized carbons (Fsp3) is 0.667. The number of hydrogen-bond acceptors (Lipinski definition) is 4. The molecule has 2 rings (SSSR count). The van der Waals surface area contributed by atoms with Gasteiger partial charge in [-0.25, -0.2) is 0 Å². The first-order valence-corrected chi connectivity index (χ1v) is 7.46. The van der Waals surface area contributed by atoms with Gasteiger partial charge in [0.15, 0.2) is 0 Å². The fourth-order valence-corrected chi connectivity index (χ4v) is 2.65. The van der Waals surface area contributed by atoms with Crippen LogP contribution in [0.15, 0.2) is 18.5 Å². The van der Waals surface area contributed by atoms with Gasteiger partial charge in [-0.15, -0.1) is 0 Å². The maximum Gasteiger partial charge on any atom is 0.0443 e. The average Bonchev–Trinajstić information content (AvgIpc) is 2.47. The van der Waals surface area contributed by atoms with Gasteiger partial charge in [-0.1, -0.05) is 13.8 Å². The molecule has 0 bridgehead atoms. The minimum Gasteiger partial charge on any atom is -0.369 e. The molecule has 0 amide bonds. The van der Waals surface area contributed by atoms with Crippen LogP contribution in [0.1, 0.15) is 25.8 Å². The number of nitrogens with one attached hydrogen (secondary N) is 1. The molecule has 0 unspecified atom stereocenters. The van der Waals surface area contributed by atoms with Crippen molar-refractivity contribution in [1.29, 1.82) is 0 Å². The molecule has 4 nitrogen and oxygen atoms in total. The predicted molar refractivity (Wildman–Crippen MR) is 80.6 cm³/mol. The van der Waals surface area contributed by atoms with Crippen LogP contribution in [0.4, 0.5) is 5.69 Å². The van der Waals surface area contributed by atoms with Gasteiger partial charge in [0.1, 0.15) is 0 Å². The Morgan fingerprint density at radius 3 is 2.68 bits per heavy atom. The number of piperazine rings is 1. The summed E-state index contributed by atoms with van der Waals surface area (Å²) in [6.45, 7) is 12.1. The van der Waals surface area contributed by atoms with Gasteiger partial charge in [0.2, 0.25) is 0 Å². The second kappa shape index (κ2) is 7.46. The van der Waals surface area contributed by atoms with Gasteiger partial charge in [0.05, 0.1) is 0 Å². The van der Waals surface area contributed by atoms with E-state index in [4.69, 9.17) is 0 Å². The summed E-state index contributed by atoms with van der Waals surface area (Å²) in [6, 6.07) is 2.15. The van der Waals surface area contributed by atoms with E-state index in [1.807, 2.05) is 12.4 Å². The van der Waals surface area contributed by atoms with Crippen LogP contribution in [0, 0.1) is 0 Å². The first-order valence-electron chi connectivity index (χ1n) is 7.46. The molecule has 1 aliphatic heterocycles. The Kier molecular flexibility index (Phi) is 5.61. The standard InChI is InChI=1S/C15H26N4/c1-3-7-18-8-10-19(11-9-18)15-5-6-17-13-14(15)12-16-4-2/h5-6,13,16H,3-4,7-12H2,1-2H3. The molecule has 106 valence electrons. The molecule has 1 aromatic rings.